The molecule has 3 rings (SSSR count). The van der Waals surface area contributed by atoms with E-state index in [1.54, 1.807) is 11.3 Å². The maximum atomic E-state index is 5.97. The van der Waals surface area contributed by atoms with Crippen LogP contribution in [-0.2, 0) is 0 Å². The van der Waals surface area contributed by atoms with Crippen molar-refractivity contribution in [2.45, 2.75) is 46.0 Å². The molecule has 0 spiro atoms. The first-order valence-corrected chi connectivity index (χ1v) is 11.4. The molecule has 0 aliphatic heterocycles. The van der Waals surface area contributed by atoms with Crippen LogP contribution in [0.5, 0.6) is 5.75 Å². The Kier molecular flexibility index (Phi) is 8.31. The molecule has 150 valence electrons. The molecule has 0 saturated carbocycles. The highest BCUT2D eigenvalue weighted by molar-refractivity contribution is 7.21. The van der Waals surface area contributed by atoms with Gasteiger partial charge in [0.2, 0.25) is 0 Å². The Hall–Kier alpha value is -1.91. The van der Waals surface area contributed by atoms with Crippen molar-refractivity contribution < 1.29 is 4.74 Å². The van der Waals surface area contributed by atoms with Gasteiger partial charge in [-0.25, -0.2) is 4.98 Å². The van der Waals surface area contributed by atoms with E-state index in [9.17, 15) is 0 Å². The van der Waals surface area contributed by atoms with E-state index in [2.05, 4.69) is 61.2 Å². The van der Waals surface area contributed by atoms with Crippen LogP contribution in [0, 0.1) is 0 Å². The van der Waals surface area contributed by atoms with Crippen molar-refractivity contribution in [2.75, 3.05) is 26.2 Å². The smallest absolute Gasteiger partial charge is 0.124 e. The lowest BCUT2D eigenvalue weighted by atomic mass is 10.2. The van der Waals surface area contributed by atoms with E-state index in [0.717, 1.165) is 41.4 Å². The number of benzene rings is 2. The number of fused-ring (bicyclic) bond motifs is 1. The van der Waals surface area contributed by atoms with Gasteiger partial charge in [0.1, 0.15) is 10.8 Å². The van der Waals surface area contributed by atoms with E-state index in [1.807, 2.05) is 6.07 Å². The average molecular weight is 397 g/mol. The van der Waals surface area contributed by atoms with E-state index in [0.29, 0.717) is 0 Å². The van der Waals surface area contributed by atoms with E-state index < -0.39 is 0 Å². The summed E-state index contributed by atoms with van der Waals surface area (Å²) in [6.45, 7) is 8.86. The Morgan fingerprint density at radius 1 is 0.857 bits per heavy atom. The van der Waals surface area contributed by atoms with Crippen molar-refractivity contribution in [1.29, 1.82) is 0 Å². The van der Waals surface area contributed by atoms with Gasteiger partial charge in [0, 0.05) is 12.1 Å². The van der Waals surface area contributed by atoms with Crippen LogP contribution in [0.15, 0.2) is 48.5 Å². The van der Waals surface area contributed by atoms with Crippen molar-refractivity contribution in [3.8, 4) is 16.3 Å². The fourth-order valence-electron chi connectivity index (χ4n) is 3.27. The lowest BCUT2D eigenvalue weighted by Crippen LogP contribution is -2.28. The molecule has 3 nitrogen and oxygen atoms in total. The molecule has 1 aromatic heterocycles. The predicted molar refractivity (Wildman–Crippen MR) is 121 cm³/mol. The van der Waals surface area contributed by atoms with Gasteiger partial charge in [0.25, 0.3) is 0 Å². The van der Waals surface area contributed by atoms with Crippen LogP contribution in [0.1, 0.15) is 46.0 Å². The molecular formula is C24H32N2OS. The summed E-state index contributed by atoms with van der Waals surface area (Å²) in [5.74, 6) is 0.943. The molecule has 3 aromatic rings. The summed E-state index contributed by atoms with van der Waals surface area (Å²) in [7, 11) is 0. The highest BCUT2D eigenvalue weighted by atomic mass is 32.1. The summed E-state index contributed by atoms with van der Waals surface area (Å²) in [6, 6.07) is 16.6. The van der Waals surface area contributed by atoms with Crippen molar-refractivity contribution in [3.63, 3.8) is 0 Å². The van der Waals surface area contributed by atoms with Gasteiger partial charge in [-0.1, -0.05) is 38.8 Å². The third-order valence-corrected chi connectivity index (χ3v) is 6.02. The lowest BCUT2D eigenvalue weighted by molar-refractivity contribution is 0.229. The molecule has 2 aromatic carbocycles. The minimum atomic E-state index is 0.773. The molecule has 0 aliphatic rings. The topological polar surface area (TPSA) is 25.4 Å². The van der Waals surface area contributed by atoms with Gasteiger partial charge in [0.15, 0.2) is 0 Å². The summed E-state index contributed by atoms with van der Waals surface area (Å²) in [5.41, 5.74) is 2.22. The predicted octanol–water partition coefficient (Wildman–Crippen LogP) is 6.63. The number of unbranched alkanes of at least 4 members (excludes halogenated alkanes) is 2. The molecule has 0 radical (unpaired) electrons. The van der Waals surface area contributed by atoms with Crippen LogP contribution in [0.3, 0.4) is 0 Å². The highest BCUT2D eigenvalue weighted by Gasteiger charge is 2.07. The van der Waals surface area contributed by atoms with Crippen LogP contribution in [-0.4, -0.2) is 36.1 Å². The van der Waals surface area contributed by atoms with Gasteiger partial charge in [0.05, 0.1) is 16.8 Å². The molecule has 0 amide bonds. The number of hydrogen-bond acceptors (Lipinski definition) is 4. The molecule has 1 heterocycles. The third kappa shape index (κ3) is 6.05. The monoisotopic (exact) mass is 396 g/mol. The first-order chi connectivity index (χ1) is 13.8. The number of hydrogen-bond donors (Lipinski definition) is 0. The molecule has 4 heteroatoms. The maximum absolute atomic E-state index is 5.97. The Morgan fingerprint density at radius 3 is 2.21 bits per heavy atom. The zero-order valence-corrected chi connectivity index (χ0v) is 18.0. The zero-order chi connectivity index (χ0) is 19.6. The van der Waals surface area contributed by atoms with Crippen molar-refractivity contribution >= 4 is 21.6 Å². The van der Waals surface area contributed by atoms with Gasteiger partial charge < -0.3 is 9.64 Å². The fourth-order valence-corrected chi connectivity index (χ4v) is 4.24. The van der Waals surface area contributed by atoms with Crippen LogP contribution in [0.25, 0.3) is 20.8 Å². The Bertz CT molecular complexity index is 787. The third-order valence-electron chi connectivity index (χ3n) is 4.94. The summed E-state index contributed by atoms with van der Waals surface area (Å²) in [4.78, 5) is 7.32. The second-order valence-corrected chi connectivity index (χ2v) is 8.29. The second kappa shape index (κ2) is 11.2. The number of thiazole rings is 1. The Balaban J connectivity index is 1.47. The minimum Gasteiger partial charge on any atom is -0.494 e. The Labute approximate surface area is 173 Å². The molecule has 28 heavy (non-hydrogen) atoms. The summed E-state index contributed by atoms with van der Waals surface area (Å²) < 4.78 is 7.20. The molecular weight excluding hydrogens is 364 g/mol. The minimum absolute atomic E-state index is 0.773. The molecule has 0 aliphatic carbocycles. The zero-order valence-electron chi connectivity index (χ0n) is 17.2. The average Bonchev–Trinajstić information content (AvgIpc) is 3.17. The van der Waals surface area contributed by atoms with E-state index in [-0.39, 0.29) is 0 Å². The normalized spacial score (nSPS) is 11.4. The lowest BCUT2D eigenvalue weighted by Gasteiger charge is -2.21. The van der Waals surface area contributed by atoms with Gasteiger partial charge in [-0.3, -0.25) is 0 Å². The van der Waals surface area contributed by atoms with E-state index in [1.165, 1.54) is 43.5 Å². The summed E-state index contributed by atoms with van der Waals surface area (Å²) >= 11 is 1.74. The quantitative estimate of drug-likeness (QED) is 0.321. The van der Waals surface area contributed by atoms with E-state index >= 15 is 0 Å². The number of nitrogens with zero attached hydrogens (tertiary/aromatic N) is 2. The molecule has 0 saturated heterocycles. The number of aromatic nitrogens is 1. The second-order valence-electron chi connectivity index (χ2n) is 7.26. The molecule has 0 N–H and O–H groups in total. The van der Waals surface area contributed by atoms with Gasteiger partial charge >= 0.3 is 0 Å². The van der Waals surface area contributed by atoms with Crippen LogP contribution in [0.4, 0.5) is 0 Å². The molecule has 0 atom stereocenters. The first-order valence-electron chi connectivity index (χ1n) is 10.6. The summed E-state index contributed by atoms with van der Waals surface area (Å²) in [5, 5.41) is 1.07. The van der Waals surface area contributed by atoms with Crippen molar-refractivity contribution in [3.05, 3.63) is 48.5 Å². The molecule has 0 fully saturated rings. The first kappa shape index (κ1) is 20.8. The summed E-state index contributed by atoms with van der Waals surface area (Å²) in [6.07, 6.45) is 6.18. The van der Waals surface area contributed by atoms with Crippen molar-refractivity contribution in [1.82, 2.24) is 9.88 Å². The number of rotatable bonds is 12. The molecule has 0 unspecified atom stereocenters. The molecule has 0 bridgehead atoms. The van der Waals surface area contributed by atoms with E-state index in [4.69, 9.17) is 9.72 Å². The highest BCUT2D eigenvalue weighted by Crippen LogP contribution is 2.30. The Morgan fingerprint density at radius 2 is 1.54 bits per heavy atom. The standard InChI is InChI=1S/C24H32N2OS/c1-3-5-16-26(17-6-4-2)18-9-19-27-21-14-12-20(13-15-21)24-25-22-10-7-8-11-23(22)28-24/h7-8,10-15H,3-6,9,16-19H2,1-2H3. The maximum Gasteiger partial charge on any atom is 0.124 e. The largest absolute Gasteiger partial charge is 0.494 e. The SMILES string of the molecule is CCCCN(CCCC)CCCOc1ccc(-c2nc3ccccc3s2)cc1. The van der Waals surface area contributed by atoms with Gasteiger partial charge in [-0.2, -0.15) is 0 Å². The van der Waals surface area contributed by atoms with Gasteiger partial charge in [-0.05, 0) is 68.8 Å². The van der Waals surface area contributed by atoms with Crippen LogP contribution < -0.4 is 4.74 Å². The number of ether oxygens (including phenoxy) is 1. The van der Waals surface area contributed by atoms with Crippen molar-refractivity contribution in [2.24, 2.45) is 0 Å². The van der Waals surface area contributed by atoms with Crippen LogP contribution >= 0.6 is 11.3 Å². The van der Waals surface area contributed by atoms with Crippen LogP contribution in [0.2, 0.25) is 0 Å². The fraction of sp³-hybridized carbons (Fsp3) is 0.458. The number of para-hydroxylation sites is 1. The van der Waals surface area contributed by atoms with Gasteiger partial charge in [-0.15, -0.1) is 11.3 Å².